The minimum absolute atomic E-state index is 0.122. The topological polar surface area (TPSA) is 41.6 Å². The van der Waals surface area contributed by atoms with Crippen LogP contribution in [0.2, 0.25) is 0 Å². The van der Waals surface area contributed by atoms with Gasteiger partial charge >= 0.3 is 6.09 Å². The van der Waals surface area contributed by atoms with Crippen LogP contribution in [-0.4, -0.2) is 28.7 Å². The fourth-order valence-corrected chi connectivity index (χ4v) is 3.90. The fourth-order valence-electron chi connectivity index (χ4n) is 3.90. The molecule has 0 spiro atoms. The molecule has 1 amide bonds. The van der Waals surface area contributed by atoms with Gasteiger partial charge in [-0.05, 0) is 57.6 Å². The van der Waals surface area contributed by atoms with Crippen molar-refractivity contribution in [1.82, 2.24) is 10.2 Å². The Bertz CT molecular complexity index is 723. The Morgan fingerprint density at radius 3 is 1.93 bits per heavy atom. The maximum Gasteiger partial charge on any atom is 0.407 e. The summed E-state index contributed by atoms with van der Waals surface area (Å²) in [5.74, 6) is 0.488. The largest absolute Gasteiger partial charge is 0.444 e. The van der Waals surface area contributed by atoms with E-state index in [1.165, 1.54) is 11.1 Å². The Morgan fingerprint density at radius 1 is 1.00 bits per heavy atom. The van der Waals surface area contributed by atoms with E-state index in [0.29, 0.717) is 12.0 Å². The molecule has 0 radical (unpaired) electrons. The van der Waals surface area contributed by atoms with Crippen LogP contribution in [0.15, 0.2) is 60.7 Å². The molecule has 1 unspecified atom stereocenters. The second kappa shape index (κ2) is 9.45. The Labute approximate surface area is 175 Å². The van der Waals surface area contributed by atoms with Crippen molar-refractivity contribution in [1.29, 1.82) is 0 Å². The third-order valence-corrected chi connectivity index (χ3v) is 5.57. The number of benzene rings is 2. The molecule has 156 valence electrons. The average molecular weight is 395 g/mol. The molecular weight excluding hydrogens is 360 g/mol. The van der Waals surface area contributed by atoms with Gasteiger partial charge in [-0.25, -0.2) is 4.79 Å². The van der Waals surface area contributed by atoms with Gasteiger partial charge in [0, 0.05) is 25.2 Å². The van der Waals surface area contributed by atoms with Crippen LogP contribution >= 0.6 is 0 Å². The number of ether oxygens (including phenoxy) is 1. The van der Waals surface area contributed by atoms with E-state index in [2.05, 4.69) is 77.8 Å². The molecule has 0 aliphatic heterocycles. The van der Waals surface area contributed by atoms with E-state index in [-0.39, 0.29) is 12.1 Å². The van der Waals surface area contributed by atoms with Gasteiger partial charge in [0.1, 0.15) is 5.60 Å². The van der Waals surface area contributed by atoms with Crippen molar-refractivity contribution in [2.75, 3.05) is 0 Å². The van der Waals surface area contributed by atoms with Crippen LogP contribution in [0.4, 0.5) is 4.79 Å². The van der Waals surface area contributed by atoms with Gasteiger partial charge in [-0.3, -0.25) is 4.90 Å². The molecule has 29 heavy (non-hydrogen) atoms. The van der Waals surface area contributed by atoms with E-state index < -0.39 is 5.60 Å². The molecule has 4 nitrogen and oxygen atoms in total. The van der Waals surface area contributed by atoms with Gasteiger partial charge in [0.15, 0.2) is 0 Å². The number of alkyl carbamates (subject to hydrolysis) is 1. The lowest BCUT2D eigenvalue weighted by molar-refractivity contribution is 0.0316. The van der Waals surface area contributed by atoms with E-state index in [9.17, 15) is 4.79 Å². The van der Waals surface area contributed by atoms with Crippen LogP contribution in [0.1, 0.15) is 51.7 Å². The smallest absolute Gasteiger partial charge is 0.407 e. The molecule has 1 aliphatic carbocycles. The van der Waals surface area contributed by atoms with Gasteiger partial charge in [0.25, 0.3) is 0 Å². The Morgan fingerprint density at radius 2 is 1.48 bits per heavy atom. The molecular formula is C25H34N2O2. The predicted molar refractivity (Wildman–Crippen MR) is 117 cm³/mol. The highest BCUT2D eigenvalue weighted by Crippen LogP contribution is 2.36. The van der Waals surface area contributed by atoms with Crippen molar-refractivity contribution in [3.05, 3.63) is 71.8 Å². The lowest BCUT2D eigenvalue weighted by Crippen LogP contribution is -2.51. The third kappa shape index (κ3) is 6.60. The summed E-state index contributed by atoms with van der Waals surface area (Å²) in [7, 11) is 0. The number of hydrogen-bond acceptors (Lipinski definition) is 3. The van der Waals surface area contributed by atoms with Crippen molar-refractivity contribution in [2.24, 2.45) is 5.92 Å². The van der Waals surface area contributed by atoms with Crippen LogP contribution in [0.3, 0.4) is 0 Å². The van der Waals surface area contributed by atoms with Crippen molar-refractivity contribution in [3.63, 3.8) is 0 Å². The normalized spacial score (nSPS) is 20.0. The van der Waals surface area contributed by atoms with Crippen LogP contribution in [0.25, 0.3) is 0 Å². The molecule has 3 rings (SSSR count). The molecule has 2 aromatic carbocycles. The predicted octanol–water partition coefficient (Wildman–Crippen LogP) is 5.38. The fraction of sp³-hybridized carbons (Fsp3) is 0.480. The van der Waals surface area contributed by atoms with Gasteiger partial charge in [-0.15, -0.1) is 0 Å². The summed E-state index contributed by atoms with van der Waals surface area (Å²) >= 11 is 0. The van der Waals surface area contributed by atoms with E-state index >= 15 is 0 Å². The number of carbonyl (C=O) groups is 1. The Kier molecular flexibility index (Phi) is 6.96. The summed E-state index contributed by atoms with van der Waals surface area (Å²) < 4.78 is 5.40. The molecule has 2 aromatic rings. The molecule has 1 atom stereocenters. The van der Waals surface area contributed by atoms with E-state index in [1.807, 2.05) is 20.8 Å². The Balaban J connectivity index is 1.57. The van der Waals surface area contributed by atoms with E-state index in [1.54, 1.807) is 0 Å². The summed E-state index contributed by atoms with van der Waals surface area (Å²) in [5.41, 5.74) is 2.22. The summed E-state index contributed by atoms with van der Waals surface area (Å²) in [4.78, 5) is 14.6. The number of nitrogens with one attached hydrogen (secondary N) is 1. The zero-order valence-electron chi connectivity index (χ0n) is 18.1. The minimum atomic E-state index is -0.464. The van der Waals surface area contributed by atoms with Crippen LogP contribution in [0, 0.1) is 5.92 Å². The lowest BCUT2D eigenvalue weighted by atomic mass is 9.75. The zero-order valence-corrected chi connectivity index (χ0v) is 18.1. The highest BCUT2D eigenvalue weighted by Gasteiger charge is 2.37. The molecule has 0 bridgehead atoms. The number of carbonyl (C=O) groups excluding carboxylic acids is 1. The van der Waals surface area contributed by atoms with E-state index in [4.69, 9.17) is 4.74 Å². The minimum Gasteiger partial charge on any atom is -0.444 e. The second-order valence-electron chi connectivity index (χ2n) is 9.20. The zero-order chi connectivity index (χ0) is 20.9. The monoisotopic (exact) mass is 394 g/mol. The number of hydrogen-bond donors (Lipinski definition) is 1. The summed E-state index contributed by atoms with van der Waals surface area (Å²) in [5, 5.41) is 3.02. The molecule has 0 saturated heterocycles. The summed E-state index contributed by atoms with van der Waals surface area (Å²) in [6.45, 7) is 9.65. The molecule has 1 aliphatic rings. The molecule has 1 N–H and O–H groups in total. The maximum atomic E-state index is 12.1. The quantitative estimate of drug-likeness (QED) is 0.685. The van der Waals surface area contributed by atoms with Crippen molar-refractivity contribution in [2.45, 2.75) is 71.3 Å². The van der Waals surface area contributed by atoms with Crippen LogP contribution < -0.4 is 5.32 Å². The highest BCUT2D eigenvalue weighted by atomic mass is 16.6. The van der Waals surface area contributed by atoms with E-state index in [0.717, 1.165) is 25.9 Å². The summed E-state index contributed by atoms with van der Waals surface area (Å²) in [6, 6.07) is 22.0. The first-order chi connectivity index (χ1) is 13.8. The first-order valence-electron chi connectivity index (χ1n) is 10.6. The first kappa shape index (κ1) is 21.4. The Hall–Kier alpha value is -2.33. The standard InChI is InChI=1S/C25H34N2O2/c1-19(26-24(28)29-25(2,3)4)22-15-23(16-22)27(17-20-11-7-5-8-12-20)18-21-13-9-6-10-14-21/h5-14,19,22-23H,15-18H2,1-4H3,(H,26,28). The van der Waals surface area contributed by atoms with Crippen molar-refractivity contribution in [3.8, 4) is 0 Å². The maximum absolute atomic E-state index is 12.1. The average Bonchev–Trinajstić information content (AvgIpc) is 2.60. The number of nitrogens with zero attached hydrogens (tertiary/aromatic N) is 1. The number of amides is 1. The summed E-state index contributed by atoms with van der Waals surface area (Å²) in [6.07, 6.45) is 1.87. The number of rotatable bonds is 7. The van der Waals surface area contributed by atoms with Crippen molar-refractivity contribution < 1.29 is 9.53 Å². The van der Waals surface area contributed by atoms with Gasteiger partial charge in [0.05, 0.1) is 0 Å². The molecule has 1 fully saturated rings. The van der Waals surface area contributed by atoms with Gasteiger partial charge in [0.2, 0.25) is 0 Å². The second-order valence-corrected chi connectivity index (χ2v) is 9.20. The lowest BCUT2D eigenvalue weighted by Gasteiger charge is -2.45. The molecule has 4 heteroatoms. The van der Waals surface area contributed by atoms with Crippen LogP contribution in [-0.2, 0) is 17.8 Å². The molecule has 0 aromatic heterocycles. The SMILES string of the molecule is CC(NC(=O)OC(C)(C)C)C1CC(N(Cc2ccccc2)Cc2ccccc2)C1. The first-order valence-corrected chi connectivity index (χ1v) is 10.6. The molecule has 0 heterocycles. The molecule has 1 saturated carbocycles. The highest BCUT2D eigenvalue weighted by molar-refractivity contribution is 5.68. The van der Waals surface area contributed by atoms with Gasteiger partial charge < -0.3 is 10.1 Å². The van der Waals surface area contributed by atoms with Crippen molar-refractivity contribution >= 4 is 6.09 Å². The van der Waals surface area contributed by atoms with Gasteiger partial charge in [-0.2, -0.15) is 0 Å². The van der Waals surface area contributed by atoms with Crippen LogP contribution in [0.5, 0.6) is 0 Å². The third-order valence-electron chi connectivity index (χ3n) is 5.57. The van der Waals surface area contributed by atoms with Gasteiger partial charge in [-0.1, -0.05) is 60.7 Å².